The van der Waals surface area contributed by atoms with Crippen molar-refractivity contribution in [2.45, 2.75) is 26.2 Å². The van der Waals surface area contributed by atoms with Gasteiger partial charge in [0, 0.05) is 16.3 Å². The molecule has 2 rings (SSSR count). The van der Waals surface area contributed by atoms with Crippen molar-refractivity contribution in [2.75, 3.05) is 11.9 Å². The van der Waals surface area contributed by atoms with Gasteiger partial charge in [-0.25, -0.2) is 0 Å². The predicted octanol–water partition coefficient (Wildman–Crippen LogP) is 5.16. The first-order valence-electron chi connectivity index (χ1n) is 7.49. The topological polar surface area (TPSA) is 38.3 Å². The number of hydrogen-bond donors (Lipinski definition) is 1. The van der Waals surface area contributed by atoms with E-state index in [0.29, 0.717) is 10.6 Å². The Morgan fingerprint density at radius 2 is 1.73 bits per heavy atom. The second kappa shape index (κ2) is 8.44. The molecule has 1 N–H and O–H groups in total. The summed E-state index contributed by atoms with van der Waals surface area (Å²) in [6.45, 7) is 2.89. The Bertz CT molecular complexity index is 593. The maximum atomic E-state index is 12.1. The number of carbonyl (C=O) groups excluding carboxylic acids is 1. The van der Waals surface area contributed by atoms with Crippen LogP contribution in [0.25, 0.3) is 0 Å². The van der Waals surface area contributed by atoms with Crippen LogP contribution in [0.5, 0.6) is 5.75 Å². The highest BCUT2D eigenvalue weighted by molar-refractivity contribution is 6.30. The maximum Gasteiger partial charge on any atom is 0.255 e. The highest BCUT2D eigenvalue weighted by Gasteiger charge is 2.05. The number of ether oxygens (including phenoxy) is 1. The molecule has 0 fully saturated rings. The normalized spacial score (nSPS) is 10.3. The first kappa shape index (κ1) is 16.4. The third-order valence-electron chi connectivity index (χ3n) is 3.24. The smallest absolute Gasteiger partial charge is 0.255 e. The van der Waals surface area contributed by atoms with E-state index in [1.54, 1.807) is 24.3 Å². The van der Waals surface area contributed by atoms with Crippen LogP contribution < -0.4 is 10.1 Å². The summed E-state index contributed by atoms with van der Waals surface area (Å²) >= 11 is 5.81. The van der Waals surface area contributed by atoms with Crippen molar-refractivity contribution in [3.05, 3.63) is 59.1 Å². The largest absolute Gasteiger partial charge is 0.494 e. The Morgan fingerprint density at radius 1 is 1.05 bits per heavy atom. The molecule has 2 aromatic rings. The quantitative estimate of drug-likeness (QED) is 0.716. The van der Waals surface area contributed by atoms with E-state index in [9.17, 15) is 4.79 Å². The van der Waals surface area contributed by atoms with E-state index >= 15 is 0 Å². The van der Waals surface area contributed by atoms with Gasteiger partial charge >= 0.3 is 0 Å². The third kappa shape index (κ3) is 5.08. The number of halogens is 1. The Morgan fingerprint density at radius 3 is 2.36 bits per heavy atom. The number of anilines is 1. The van der Waals surface area contributed by atoms with Gasteiger partial charge in [0.05, 0.1) is 6.61 Å². The van der Waals surface area contributed by atoms with E-state index in [1.165, 1.54) is 12.8 Å². The van der Waals surface area contributed by atoms with Crippen molar-refractivity contribution in [2.24, 2.45) is 0 Å². The van der Waals surface area contributed by atoms with E-state index in [4.69, 9.17) is 16.3 Å². The predicted molar refractivity (Wildman–Crippen MR) is 90.9 cm³/mol. The second-order valence-electron chi connectivity index (χ2n) is 5.04. The van der Waals surface area contributed by atoms with Gasteiger partial charge in [-0.2, -0.15) is 0 Å². The molecule has 1 amide bonds. The van der Waals surface area contributed by atoms with Crippen molar-refractivity contribution >= 4 is 23.2 Å². The zero-order valence-corrected chi connectivity index (χ0v) is 13.4. The van der Waals surface area contributed by atoms with Gasteiger partial charge in [0.15, 0.2) is 0 Å². The van der Waals surface area contributed by atoms with Crippen molar-refractivity contribution in [1.82, 2.24) is 0 Å². The molecule has 0 bridgehead atoms. The summed E-state index contributed by atoms with van der Waals surface area (Å²) in [6, 6.07) is 14.2. The molecule has 116 valence electrons. The number of carbonyl (C=O) groups is 1. The Balaban J connectivity index is 1.88. The highest BCUT2D eigenvalue weighted by Crippen LogP contribution is 2.17. The van der Waals surface area contributed by atoms with E-state index < -0.39 is 0 Å². The summed E-state index contributed by atoms with van der Waals surface area (Å²) < 4.78 is 5.64. The van der Waals surface area contributed by atoms with Gasteiger partial charge in [0.25, 0.3) is 5.91 Å². The van der Waals surface area contributed by atoms with E-state index in [2.05, 4.69) is 12.2 Å². The fourth-order valence-corrected chi connectivity index (χ4v) is 2.11. The summed E-state index contributed by atoms with van der Waals surface area (Å²) in [5.41, 5.74) is 1.31. The summed E-state index contributed by atoms with van der Waals surface area (Å²) in [5, 5.41) is 3.46. The molecular weight excluding hydrogens is 298 g/mol. The van der Waals surface area contributed by atoms with Gasteiger partial charge in [0.2, 0.25) is 0 Å². The Kier molecular flexibility index (Phi) is 6.28. The second-order valence-corrected chi connectivity index (χ2v) is 5.48. The monoisotopic (exact) mass is 317 g/mol. The van der Waals surface area contributed by atoms with Crippen LogP contribution in [0.3, 0.4) is 0 Å². The number of nitrogens with one attached hydrogen (secondary N) is 1. The van der Waals surface area contributed by atoms with Gasteiger partial charge in [-0.05, 0) is 55.0 Å². The molecule has 0 aliphatic heterocycles. The Labute approximate surface area is 136 Å². The van der Waals surface area contributed by atoms with Crippen LogP contribution in [0, 0.1) is 0 Å². The summed E-state index contributed by atoms with van der Waals surface area (Å²) in [6.07, 6.45) is 3.42. The summed E-state index contributed by atoms with van der Waals surface area (Å²) in [7, 11) is 0. The minimum atomic E-state index is -0.159. The fourth-order valence-electron chi connectivity index (χ4n) is 1.98. The molecule has 0 radical (unpaired) electrons. The summed E-state index contributed by atoms with van der Waals surface area (Å²) in [4.78, 5) is 12.1. The number of amides is 1. The lowest BCUT2D eigenvalue weighted by atomic mass is 10.2. The molecule has 0 heterocycles. The van der Waals surface area contributed by atoms with Crippen LogP contribution >= 0.6 is 11.6 Å². The third-order valence-corrected chi connectivity index (χ3v) is 3.49. The average Bonchev–Trinajstić information content (AvgIpc) is 2.54. The van der Waals surface area contributed by atoms with Gasteiger partial charge in [-0.1, -0.05) is 31.4 Å². The van der Waals surface area contributed by atoms with Crippen LogP contribution in [0.15, 0.2) is 48.5 Å². The van der Waals surface area contributed by atoms with Crippen molar-refractivity contribution in [1.29, 1.82) is 0 Å². The van der Waals surface area contributed by atoms with E-state index in [-0.39, 0.29) is 5.91 Å². The first-order chi connectivity index (χ1) is 10.7. The van der Waals surface area contributed by atoms with Gasteiger partial charge in [-0.15, -0.1) is 0 Å². The molecular formula is C18H20ClNO2. The number of rotatable bonds is 7. The van der Waals surface area contributed by atoms with Gasteiger partial charge < -0.3 is 10.1 Å². The Hall–Kier alpha value is -2.00. The molecule has 0 saturated heterocycles. The maximum absolute atomic E-state index is 12.1. The van der Waals surface area contributed by atoms with Crippen LogP contribution in [-0.2, 0) is 0 Å². The lowest BCUT2D eigenvalue weighted by molar-refractivity contribution is 0.102. The average molecular weight is 318 g/mol. The number of hydrogen-bond acceptors (Lipinski definition) is 2. The molecule has 4 heteroatoms. The minimum absolute atomic E-state index is 0.159. The highest BCUT2D eigenvalue weighted by atomic mass is 35.5. The van der Waals surface area contributed by atoms with E-state index in [0.717, 1.165) is 24.5 Å². The van der Waals surface area contributed by atoms with Crippen LogP contribution in [0.4, 0.5) is 5.69 Å². The molecule has 22 heavy (non-hydrogen) atoms. The standard InChI is InChI=1S/C18H20ClNO2/c1-2-3-4-13-22-17-11-9-16(10-12-17)20-18(21)14-5-7-15(19)8-6-14/h5-12H,2-4,13H2,1H3,(H,20,21). The van der Waals surface area contributed by atoms with Crippen molar-refractivity contribution in [3.63, 3.8) is 0 Å². The lowest BCUT2D eigenvalue weighted by Crippen LogP contribution is -2.11. The van der Waals surface area contributed by atoms with Crippen LogP contribution in [0.1, 0.15) is 36.5 Å². The molecule has 0 unspecified atom stereocenters. The van der Waals surface area contributed by atoms with Crippen LogP contribution in [-0.4, -0.2) is 12.5 Å². The SMILES string of the molecule is CCCCCOc1ccc(NC(=O)c2ccc(Cl)cc2)cc1. The minimum Gasteiger partial charge on any atom is -0.494 e. The zero-order chi connectivity index (χ0) is 15.8. The number of benzene rings is 2. The lowest BCUT2D eigenvalue weighted by Gasteiger charge is -2.08. The van der Waals surface area contributed by atoms with Gasteiger partial charge in [-0.3, -0.25) is 4.79 Å². The molecule has 2 aromatic carbocycles. The van der Waals surface area contributed by atoms with Crippen molar-refractivity contribution < 1.29 is 9.53 Å². The molecule has 0 spiro atoms. The molecule has 3 nitrogen and oxygen atoms in total. The number of unbranched alkanes of at least 4 members (excludes halogenated alkanes) is 2. The molecule has 0 atom stereocenters. The van der Waals surface area contributed by atoms with E-state index in [1.807, 2.05) is 24.3 Å². The molecule has 0 aromatic heterocycles. The van der Waals surface area contributed by atoms with Crippen molar-refractivity contribution in [3.8, 4) is 5.75 Å². The molecule has 0 aliphatic carbocycles. The zero-order valence-electron chi connectivity index (χ0n) is 12.6. The molecule has 0 saturated carbocycles. The van der Waals surface area contributed by atoms with Crippen LogP contribution in [0.2, 0.25) is 5.02 Å². The molecule has 0 aliphatic rings. The first-order valence-corrected chi connectivity index (χ1v) is 7.86. The van der Waals surface area contributed by atoms with Gasteiger partial charge in [0.1, 0.15) is 5.75 Å². The summed E-state index contributed by atoms with van der Waals surface area (Å²) in [5.74, 6) is 0.661. The fraction of sp³-hybridized carbons (Fsp3) is 0.278.